The van der Waals surface area contributed by atoms with Gasteiger partial charge in [0.15, 0.2) is 0 Å². The highest BCUT2D eigenvalue weighted by Gasteiger charge is 2.07. The first-order chi connectivity index (χ1) is 7.40. The van der Waals surface area contributed by atoms with Gasteiger partial charge in [0.1, 0.15) is 0 Å². The van der Waals surface area contributed by atoms with Gasteiger partial charge >= 0.3 is 6.08 Å². The van der Waals surface area contributed by atoms with Gasteiger partial charge in [-0.05, 0) is 18.6 Å². The fraction of sp³-hybridized carbons (Fsp3) is 0.273. The summed E-state index contributed by atoms with van der Waals surface area (Å²) in [5.74, 6) is 0.488. The number of hydrogen-bond acceptors (Lipinski definition) is 4. The Hall–Kier alpha value is -1.84. The third-order valence-electron chi connectivity index (χ3n) is 1.86. The van der Waals surface area contributed by atoms with E-state index < -0.39 is 0 Å². The Morgan fingerprint density at radius 3 is 2.73 bits per heavy atom. The second-order valence-electron chi connectivity index (χ2n) is 3.09. The highest BCUT2D eigenvalue weighted by Crippen LogP contribution is 2.20. The lowest BCUT2D eigenvalue weighted by Gasteiger charge is -1.95. The number of rotatable bonds is 4. The molecule has 0 N–H and O–H groups in total. The predicted octanol–water partition coefficient (Wildman–Crippen LogP) is 2.53. The molecule has 0 saturated carbocycles. The summed E-state index contributed by atoms with van der Waals surface area (Å²) < 4.78 is 10.5. The molecule has 2 rings (SSSR count). The highest BCUT2D eigenvalue weighted by molar-refractivity contribution is 5.51. The van der Waals surface area contributed by atoms with E-state index in [2.05, 4.69) is 10.2 Å². The minimum Gasteiger partial charge on any atom is -0.449 e. The van der Waals surface area contributed by atoms with Crippen molar-refractivity contribution in [1.82, 2.24) is 10.2 Å². The average Bonchev–Trinajstić information content (AvgIpc) is 2.76. The molecule has 0 saturated heterocycles. The van der Waals surface area contributed by atoms with Gasteiger partial charge in [-0.3, -0.25) is 0 Å². The standard InChI is InChI=1S/C11H12N2O2/c1-2-8-14-11-13-12-10(15-11)9-6-4-3-5-7-9/h3-7H,2,8H2,1H3. The molecule has 15 heavy (non-hydrogen) atoms. The fourth-order valence-electron chi connectivity index (χ4n) is 1.15. The van der Waals surface area contributed by atoms with E-state index in [-0.39, 0.29) is 6.08 Å². The number of ether oxygens (including phenoxy) is 1. The average molecular weight is 204 g/mol. The fourth-order valence-corrected chi connectivity index (χ4v) is 1.15. The van der Waals surface area contributed by atoms with E-state index in [4.69, 9.17) is 9.15 Å². The van der Waals surface area contributed by atoms with Gasteiger partial charge in [0.05, 0.1) is 6.61 Å². The number of aromatic nitrogens is 2. The molecular weight excluding hydrogens is 192 g/mol. The predicted molar refractivity (Wildman–Crippen MR) is 55.5 cm³/mol. The summed E-state index contributed by atoms with van der Waals surface area (Å²) in [4.78, 5) is 0. The first-order valence-electron chi connectivity index (χ1n) is 4.92. The molecule has 4 heteroatoms. The van der Waals surface area contributed by atoms with Gasteiger partial charge in [0.25, 0.3) is 5.89 Å². The first-order valence-corrected chi connectivity index (χ1v) is 4.92. The summed E-state index contributed by atoms with van der Waals surface area (Å²) in [6.45, 7) is 2.62. The van der Waals surface area contributed by atoms with Crippen LogP contribution in [0.2, 0.25) is 0 Å². The van der Waals surface area contributed by atoms with Crippen molar-refractivity contribution in [2.24, 2.45) is 0 Å². The van der Waals surface area contributed by atoms with Crippen LogP contribution in [-0.2, 0) is 0 Å². The van der Waals surface area contributed by atoms with Crippen LogP contribution in [0.4, 0.5) is 0 Å². The van der Waals surface area contributed by atoms with Crippen LogP contribution in [0.25, 0.3) is 11.5 Å². The third-order valence-corrected chi connectivity index (χ3v) is 1.86. The largest absolute Gasteiger partial charge is 0.449 e. The molecule has 0 radical (unpaired) electrons. The van der Waals surface area contributed by atoms with Crippen LogP contribution in [0.15, 0.2) is 34.7 Å². The van der Waals surface area contributed by atoms with Crippen molar-refractivity contribution in [3.8, 4) is 17.5 Å². The van der Waals surface area contributed by atoms with Crippen LogP contribution >= 0.6 is 0 Å². The lowest BCUT2D eigenvalue weighted by molar-refractivity contribution is 0.233. The van der Waals surface area contributed by atoms with Gasteiger partial charge in [-0.15, -0.1) is 5.10 Å². The van der Waals surface area contributed by atoms with Crippen molar-refractivity contribution in [1.29, 1.82) is 0 Å². The quantitative estimate of drug-likeness (QED) is 0.767. The molecule has 1 aromatic carbocycles. The Morgan fingerprint density at radius 1 is 1.20 bits per heavy atom. The van der Waals surface area contributed by atoms with Crippen LogP contribution < -0.4 is 4.74 Å². The molecule has 1 heterocycles. The lowest BCUT2D eigenvalue weighted by Crippen LogP contribution is -1.94. The van der Waals surface area contributed by atoms with Crippen LogP contribution in [0.1, 0.15) is 13.3 Å². The number of hydrogen-bond donors (Lipinski definition) is 0. The van der Waals surface area contributed by atoms with Gasteiger partial charge in [-0.25, -0.2) is 0 Å². The Bertz CT molecular complexity index is 412. The second-order valence-corrected chi connectivity index (χ2v) is 3.09. The zero-order valence-corrected chi connectivity index (χ0v) is 8.51. The summed E-state index contributed by atoms with van der Waals surface area (Å²) in [6.07, 6.45) is 1.15. The zero-order valence-electron chi connectivity index (χ0n) is 8.51. The molecule has 4 nitrogen and oxygen atoms in total. The Kier molecular flexibility index (Phi) is 2.97. The smallest absolute Gasteiger partial charge is 0.414 e. The van der Waals surface area contributed by atoms with E-state index in [0.717, 1.165) is 12.0 Å². The maximum atomic E-state index is 5.33. The number of benzene rings is 1. The van der Waals surface area contributed by atoms with E-state index in [0.29, 0.717) is 12.5 Å². The third kappa shape index (κ3) is 2.34. The molecule has 0 aliphatic carbocycles. The monoisotopic (exact) mass is 204 g/mol. The summed E-state index contributed by atoms with van der Waals surface area (Å²) in [6, 6.07) is 9.61. The van der Waals surface area contributed by atoms with Gasteiger partial charge in [-0.1, -0.05) is 30.2 Å². The molecule has 0 atom stereocenters. The van der Waals surface area contributed by atoms with E-state index >= 15 is 0 Å². The van der Waals surface area contributed by atoms with E-state index in [1.165, 1.54) is 0 Å². The number of nitrogens with zero attached hydrogens (tertiary/aromatic N) is 2. The van der Waals surface area contributed by atoms with Crippen molar-refractivity contribution < 1.29 is 9.15 Å². The van der Waals surface area contributed by atoms with Crippen LogP contribution in [-0.4, -0.2) is 16.8 Å². The van der Waals surface area contributed by atoms with Crippen LogP contribution in [0.5, 0.6) is 6.08 Å². The molecule has 0 amide bonds. The summed E-state index contributed by atoms with van der Waals surface area (Å²) >= 11 is 0. The molecular formula is C11H12N2O2. The molecule has 0 bridgehead atoms. The van der Waals surface area contributed by atoms with Gasteiger partial charge in [0.2, 0.25) is 0 Å². The molecule has 0 aliphatic heterocycles. The maximum absolute atomic E-state index is 5.33. The molecule has 0 aliphatic rings. The minimum absolute atomic E-state index is 0.232. The molecule has 0 fully saturated rings. The summed E-state index contributed by atoms with van der Waals surface area (Å²) in [5, 5.41) is 7.69. The molecule has 2 aromatic rings. The Morgan fingerprint density at radius 2 is 2.00 bits per heavy atom. The van der Waals surface area contributed by atoms with Crippen LogP contribution in [0.3, 0.4) is 0 Å². The SMILES string of the molecule is CCCOc1nnc(-c2ccccc2)o1. The molecule has 0 unspecified atom stereocenters. The lowest BCUT2D eigenvalue weighted by atomic mass is 10.2. The van der Waals surface area contributed by atoms with Gasteiger partial charge in [0, 0.05) is 5.56 Å². The van der Waals surface area contributed by atoms with Crippen molar-refractivity contribution in [2.45, 2.75) is 13.3 Å². The minimum atomic E-state index is 0.232. The molecule has 78 valence electrons. The Labute approximate surface area is 87.9 Å². The molecule has 0 spiro atoms. The van der Waals surface area contributed by atoms with Crippen molar-refractivity contribution in [3.63, 3.8) is 0 Å². The second kappa shape index (κ2) is 4.59. The maximum Gasteiger partial charge on any atom is 0.414 e. The first kappa shape index (κ1) is 9.71. The van der Waals surface area contributed by atoms with Crippen molar-refractivity contribution in [3.05, 3.63) is 30.3 Å². The normalized spacial score (nSPS) is 10.2. The van der Waals surface area contributed by atoms with Gasteiger partial charge in [-0.2, -0.15) is 0 Å². The van der Waals surface area contributed by atoms with E-state index in [9.17, 15) is 0 Å². The highest BCUT2D eigenvalue weighted by atomic mass is 16.6. The summed E-state index contributed by atoms with van der Waals surface area (Å²) in [5.41, 5.74) is 0.899. The zero-order chi connectivity index (χ0) is 10.5. The van der Waals surface area contributed by atoms with Crippen molar-refractivity contribution in [2.75, 3.05) is 6.61 Å². The topological polar surface area (TPSA) is 48.2 Å². The summed E-state index contributed by atoms with van der Waals surface area (Å²) in [7, 11) is 0. The van der Waals surface area contributed by atoms with E-state index in [1.807, 2.05) is 37.3 Å². The van der Waals surface area contributed by atoms with Gasteiger partial charge < -0.3 is 9.15 Å². The van der Waals surface area contributed by atoms with Crippen LogP contribution in [0, 0.1) is 0 Å². The van der Waals surface area contributed by atoms with E-state index in [1.54, 1.807) is 0 Å². The van der Waals surface area contributed by atoms with Crippen molar-refractivity contribution >= 4 is 0 Å². The Balaban J connectivity index is 2.14. The molecule has 1 aromatic heterocycles.